The molecule has 8 heteroatoms. The second kappa shape index (κ2) is 10.0. The summed E-state index contributed by atoms with van der Waals surface area (Å²) in [6.07, 6.45) is -1.57. The molecule has 0 spiro atoms. The van der Waals surface area contributed by atoms with Crippen LogP contribution in [0.25, 0.3) is 0 Å². The summed E-state index contributed by atoms with van der Waals surface area (Å²) in [5, 5.41) is 19.7. The smallest absolute Gasteiger partial charge is 0.348 e. The highest BCUT2D eigenvalue weighted by molar-refractivity contribution is 5.76. The van der Waals surface area contributed by atoms with Crippen LogP contribution in [0.5, 0.6) is 11.9 Å². The molecule has 0 bridgehead atoms. The van der Waals surface area contributed by atoms with Crippen LogP contribution in [-0.4, -0.2) is 52.6 Å². The lowest BCUT2D eigenvalue weighted by molar-refractivity contribution is -0.165. The van der Waals surface area contributed by atoms with Crippen molar-refractivity contribution in [3.8, 4) is 11.9 Å². The number of aryl methyl sites for hydroxylation is 1. The molecule has 1 aromatic heterocycles. The Morgan fingerprint density at radius 2 is 1.61 bits per heavy atom. The van der Waals surface area contributed by atoms with Gasteiger partial charge in [-0.25, -0.2) is 9.78 Å². The standard InChI is InChI=1S/C23H24N2O6/c1-16-15-19(29-2)25-22(24-16)31-20(21(27)28)23(30-14-13-26,17-9-5-3-6-10-17)18-11-7-4-8-12-18/h3-12,15,20,26H,13-14H2,1-2H3,(H,27,28). The van der Waals surface area contributed by atoms with E-state index in [-0.39, 0.29) is 25.1 Å². The first kappa shape index (κ1) is 22.2. The van der Waals surface area contributed by atoms with Crippen molar-refractivity contribution in [2.75, 3.05) is 20.3 Å². The first-order valence-electron chi connectivity index (χ1n) is 9.66. The molecule has 1 atom stereocenters. The van der Waals surface area contributed by atoms with Gasteiger partial charge in [0.1, 0.15) is 0 Å². The molecule has 3 rings (SSSR count). The number of aliphatic carboxylic acids is 1. The number of hydrogen-bond donors (Lipinski definition) is 2. The van der Waals surface area contributed by atoms with E-state index in [2.05, 4.69) is 9.97 Å². The summed E-state index contributed by atoms with van der Waals surface area (Å²) in [7, 11) is 1.45. The first-order valence-corrected chi connectivity index (χ1v) is 9.66. The Kier molecular flexibility index (Phi) is 7.17. The second-order valence-corrected chi connectivity index (χ2v) is 6.71. The van der Waals surface area contributed by atoms with Crippen LogP contribution < -0.4 is 9.47 Å². The molecule has 0 saturated heterocycles. The average Bonchev–Trinajstić information content (AvgIpc) is 2.79. The van der Waals surface area contributed by atoms with Crippen molar-refractivity contribution in [2.45, 2.75) is 18.6 Å². The van der Waals surface area contributed by atoms with E-state index >= 15 is 0 Å². The van der Waals surface area contributed by atoms with Crippen molar-refractivity contribution in [1.82, 2.24) is 9.97 Å². The van der Waals surface area contributed by atoms with Gasteiger partial charge in [0.2, 0.25) is 12.0 Å². The van der Waals surface area contributed by atoms with Crippen LogP contribution in [-0.2, 0) is 15.1 Å². The highest BCUT2D eigenvalue weighted by atomic mass is 16.6. The van der Waals surface area contributed by atoms with E-state index in [4.69, 9.17) is 14.2 Å². The van der Waals surface area contributed by atoms with Gasteiger partial charge in [0, 0.05) is 11.8 Å². The lowest BCUT2D eigenvalue weighted by Crippen LogP contribution is -2.51. The number of benzene rings is 2. The van der Waals surface area contributed by atoms with Crippen molar-refractivity contribution >= 4 is 5.97 Å². The van der Waals surface area contributed by atoms with Crippen molar-refractivity contribution in [3.05, 3.63) is 83.6 Å². The summed E-state index contributed by atoms with van der Waals surface area (Å²) in [5.74, 6) is -1.04. The normalized spacial score (nSPS) is 12.2. The van der Waals surface area contributed by atoms with Gasteiger partial charge in [-0.2, -0.15) is 4.98 Å². The van der Waals surface area contributed by atoms with Gasteiger partial charge in [0.15, 0.2) is 5.60 Å². The monoisotopic (exact) mass is 424 g/mol. The number of aromatic nitrogens is 2. The second-order valence-electron chi connectivity index (χ2n) is 6.71. The lowest BCUT2D eigenvalue weighted by atomic mass is 9.81. The number of rotatable bonds is 10. The molecular weight excluding hydrogens is 400 g/mol. The molecule has 0 aliphatic heterocycles. The fraction of sp³-hybridized carbons (Fsp3) is 0.261. The lowest BCUT2D eigenvalue weighted by Gasteiger charge is -2.38. The Labute approximate surface area is 180 Å². The van der Waals surface area contributed by atoms with Crippen LogP contribution >= 0.6 is 0 Å². The molecule has 0 radical (unpaired) electrons. The van der Waals surface area contributed by atoms with Gasteiger partial charge in [-0.15, -0.1) is 0 Å². The molecule has 31 heavy (non-hydrogen) atoms. The molecule has 2 N–H and O–H groups in total. The Morgan fingerprint density at radius 1 is 1.03 bits per heavy atom. The number of carboxylic acids is 1. The summed E-state index contributed by atoms with van der Waals surface area (Å²) < 4.78 is 17.1. The molecule has 3 aromatic rings. The third kappa shape index (κ3) is 4.82. The van der Waals surface area contributed by atoms with Crippen LogP contribution in [0.2, 0.25) is 0 Å². The van der Waals surface area contributed by atoms with Gasteiger partial charge in [0.25, 0.3) is 0 Å². The number of methoxy groups -OCH3 is 1. The fourth-order valence-corrected chi connectivity index (χ4v) is 3.37. The Hall–Kier alpha value is -3.49. The van der Waals surface area contributed by atoms with Crippen molar-refractivity contribution in [2.24, 2.45) is 0 Å². The largest absolute Gasteiger partial charge is 0.481 e. The number of carbonyl (C=O) groups is 1. The van der Waals surface area contributed by atoms with E-state index in [1.54, 1.807) is 61.5 Å². The maximum Gasteiger partial charge on any atom is 0.348 e. The predicted molar refractivity (Wildman–Crippen MR) is 112 cm³/mol. The Bertz CT molecular complexity index is 958. The van der Waals surface area contributed by atoms with Gasteiger partial charge in [-0.3, -0.25) is 0 Å². The van der Waals surface area contributed by atoms with Crippen LogP contribution in [0.15, 0.2) is 66.7 Å². The fourth-order valence-electron chi connectivity index (χ4n) is 3.37. The molecule has 162 valence electrons. The molecule has 0 saturated carbocycles. The number of hydrogen-bond acceptors (Lipinski definition) is 7. The summed E-state index contributed by atoms with van der Waals surface area (Å²) >= 11 is 0. The van der Waals surface area contributed by atoms with Crippen LogP contribution in [0, 0.1) is 6.92 Å². The van der Waals surface area contributed by atoms with Gasteiger partial charge >= 0.3 is 12.0 Å². The van der Waals surface area contributed by atoms with E-state index in [1.807, 2.05) is 12.1 Å². The molecule has 2 aromatic carbocycles. The predicted octanol–water partition coefficient (Wildman–Crippen LogP) is 2.58. The quantitative estimate of drug-likeness (QED) is 0.511. The topological polar surface area (TPSA) is 111 Å². The summed E-state index contributed by atoms with van der Waals surface area (Å²) in [4.78, 5) is 20.9. The van der Waals surface area contributed by atoms with Crippen molar-refractivity contribution in [1.29, 1.82) is 0 Å². The van der Waals surface area contributed by atoms with E-state index < -0.39 is 17.7 Å². The number of carboxylic acid groups (broad SMARTS) is 1. The molecule has 0 fully saturated rings. The molecule has 1 unspecified atom stereocenters. The van der Waals surface area contributed by atoms with E-state index in [9.17, 15) is 15.0 Å². The summed E-state index contributed by atoms with van der Waals surface area (Å²) in [6.45, 7) is 1.30. The molecular formula is C23H24N2O6. The van der Waals surface area contributed by atoms with Crippen LogP contribution in [0.3, 0.4) is 0 Å². The number of aliphatic hydroxyl groups excluding tert-OH is 1. The van der Waals surface area contributed by atoms with E-state index in [1.165, 1.54) is 7.11 Å². The molecule has 8 nitrogen and oxygen atoms in total. The van der Waals surface area contributed by atoms with Gasteiger partial charge in [-0.05, 0) is 18.1 Å². The van der Waals surface area contributed by atoms with Crippen molar-refractivity contribution < 1.29 is 29.2 Å². The zero-order valence-corrected chi connectivity index (χ0v) is 17.3. The Balaban J connectivity index is 2.21. The summed E-state index contributed by atoms with van der Waals surface area (Å²) in [5.41, 5.74) is 0.0489. The molecule has 1 heterocycles. The highest BCUT2D eigenvalue weighted by Gasteiger charge is 2.50. The Morgan fingerprint density at radius 3 is 2.10 bits per heavy atom. The van der Waals surface area contributed by atoms with Crippen LogP contribution in [0.4, 0.5) is 0 Å². The highest BCUT2D eigenvalue weighted by Crippen LogP contribution is 2.39. The molecule has 0 amide bonds. The number of nitrogens with zero attached hydrogens (tertiary/aromatic N) is 2. The first-order chi connectivity index (χ1) is 15.0. The maximum atomic E-state index is 12.5. The minimum absolute atomic E-state index is 0.116. The zero-order chi connectivity index (χ0) is 22.3. The minimum atomic E-state index is -1.59. The van der Waals surface area contributed by atoms with E-state index in [0.717, 1.165) is 0 Å². The van der Waals surface area contributed by atoms with E-state index in [0.29, 0.717) is 16.8 Å². The van der Waals surface area contributed by atoms with Crippen molar-refractivity contribution in [3.63, 3.8) is 0 Å². The molecule has 0 aliphatic carbocycles. The third-order valence-corrected chi connectivity index (χ3v) is 4.66. The van der Waals surface area contributed by atoms with Crippen LogP contribution in [0.1, 0.15) is 16.8 Å². The summed E-state index contributed by atoms with van der Waals surface area (Å²) in [6, 6.07) is 19.2. The number of aliphatic hydroxyl groups is 1. The minimum Gasteiger partial charge on any atom is -0.481 e. The van der Waals surface area contributed by atoms with Gasteiger partial charge < -0.3 is 24.4 Å². The number of ether oxygens (including phenoxy) is 3. The zero-order valence-electron chi connectivity index (χ0n) is 17.3. The average molecular weight is 424 g/mol. The van der Waals surface area contributed by atoms with Gasteiger partial charge in [0.05, 0.1) is 20.3 Å². The maximum absolute atomic E-state index is 12.5. The van der Waals surface area contributed by atoms with Gasteiger partial charge in [-0.1, -0.05) is 60.7 Å². The third-order valence-electron chi connectivity index (χ3n) is 4.66. The SMILES string of the molecule is COc1cc(C)nc(OC(C(=O)O)C(OCCO)(c2ccccc2)c2ccccc2)n1. The molecule has 0 aliphatic rings.